The first-order valence-electron chi connectivity index (χ1n) is 5.41. The number of nitrogens with two attached hydrogens (primary N) is 1. The van der Waals surface area contributed by atoms with Crippen LogP contribution in [-0.4, -0.2) is 43.8 Å². The summed E-state index contributed by atoms with van der Waals surface area (Å²) < 4.78 is 1.24. The molecule has 1 saturated heterocycles. The highest BCUT2D eigenvalue weighted by molar-refractivity contribution is 8.00. The summed E-state index contributed by atoms with van der Waals surface area (Å²) in [6.45, 7) is -0.281. The molecule has 19 heavy (non-hydrogen) atoms. The second kappa shape index (κ2) is 5.49. The molecule has 10 heteroatoms. The van der Waals surface area contributed by atoms with Crippen LogP contribution in [0.3, 0.4) is 0 Å². The summed E-state index contributed by atoms with van der Waals surface area (Å²) in [5, 5.41) is 21.5. The van der Waals surface area contributed by atoms with Crippen LogP contribution in [0.25, 0.3) is 10.4 Å². The number of nitrogens with zero attached hydrogens (tertiary/aromatic N) is 5. The van der Waals surface area contributed by atoms with Crippen LogP contribution in [0.1, 0.15) is 5.37 Å². The number of anilines is 1. The lowest BCUT2D eigenvalue weighted by molar-refractivity contribution is 0.120. The lowest BCUT2D eigenvalue weighted by Gasteiger charge is -2.17. The number of rotatable bonds is 3. The number of hydrogen-bond donors (Lipinski definition) is 3. The molecule has 0 spiro atoms. The largest absolute Gasteiger partial charge is 0.395 e. The third-order valence-electron chi connectivity index (χ3n) is 2.83. The zero-order valence-corrected chi connectivity index (χ0v) is 10.5. The highest BCUT2D eigenvalue weighted by atomic mass is 32.2. The maximum Gasteiger partial charge on any atom is 0.350 e. The van der Waals surface area contributed by atoms with E-state index in [1.807, 2.05) is 0 Å². The summed E-state index contributed by atoms with van der Waals surface area (Å²) in [7, 11) is 0. The number of aliphatic hydroxyl groups is 2. The molecule has 0 aromatic carbocycles. The van der Waals surface area contributed by atoms with Crippen molar-refractivity contribution < 1.29 is 10.2 Å². The standard InChI is InChI=1S/C9H12N6O3S/c10-5-1-2-15(9(18)12-5)8-6(13-14-11)7(17)4(3-16)19-8/h1-2,4,6-8,16-17H,3H2,(H2,10,12,18)/t4-,6-,7-,8-/m1/s1. The topological polar surface area (TPSA) is 150 Å². The van der Waals surface area contributed by atoms with Crippen molar-refractivity contribution in [2.45, 2.75) is 22.8 Å². The molecule has 1 aliphatic rings. The van der Waals surface area contributed by atoms with Crippen molar-refractivity contribution in [3.05, 3.63) is 33.2 Å². The number of thioether (sulfide) groups is 1. The molecule has 4 atom stereocenters. The summed E-state index contributed by atoms with van der Waals surface area (Å²) >= 11 is 1.16. The van der Waals surface area contributed by atoms with E-state index >= 15 is 0 Å². The van der Waals surface area contributed by atoms with Crippen molar-refractivity contribution in [3.63, 3.8) is 0 Å². The van der Waals surface area contributed by atoms with Gasteiger partial charge in [-0.2, -0.15) is 4.98 Å². The summed E-state index contributed by atoms with van der Waals surface area (Å²) in [5.41, 5.74) is 13.3. The average Bonchev–Trinajstić information content (AvgIpc) is 2.68. The fourth-order valence-electron chi connectivity index (χ4n) is 1.91. The van der Waals surface area contributed by atoms with Gasteiger partial charge in [-0.05, 0) is 11.6 Å². The molecule has 1 fully saturated rings. The van der Waals surface area contributed by atoms with Crippen LogP contribution < -0.4 is 11.4 Å². The molecule has 0 bridgehead atoms. The molecule has 0 unspecified atom stereocenters. The molecule has 1 aromatic rings. The van der Waals surface area contributed by atoms with Crippen molar-refractivity contribution in [3.8, 4) is 0 Å². The van der Waals surface area contributed by atoms with E-state index < -0.39 is 28.5 Å². The van der Waals surface area contributed by atoms with Crippen molar-refractivity contribution in [2.75, 3.05) is 12.3 Å². The van der Waals surface area contributed by atoms with Gasteiger partial charge in [0, 0.05) is 11.1 Å². The molecular formula is C9H12N6O3S. The highest BCUT2D eigenvalue weighted by Crippen LogP contribution is 2.42. The summed E-state index contributed by atoms with van der Waals surface area (Å²) in [5.74, 6) is 0.0869. The Morgan fingerprint density at radius 2 is 2.42 bits per heavy atom. The molecule has 2 rings (SSSR count). The summed E-state index contributed by atoms with van der Waals surface area (Å²) in [6.07, 6.45) is 0.398. The molecule has 0 saturated carbocycles. The van der Waals surface area contributed by atoms with Crippen molar-refractivity contribution in [2.24, 2.45) is 5.11 Å². The Bertz CT molecular complexity index is 571. The van der Waals surface area contributed by atoms with Gasteiger partial charge in [0.1, 0.15) is 5.82 Å². The van der Waals surface area contributed by atoms with Gasteiger partial charge in [0.2, 0.25) is 0 Å². The Kier molecular flexibility index (Phi) is 3.96. The van der Waals surface area contributed by atoms with Gasteiger partial charge in [-0.3, -0.25) is 4.57 Å². The van der Waals surface area contributed by atoms with Gasteiger partial charge in [0.15, 0.2) is 0 Å². The summed E-state index contributed by atoms with van der Waals surface area (Å²) in [4.78, 5) is 18.0. The number of aromatic nitrogens is 2. The number of aliphatic hydroxyl groups excluding tert-OH is 2. The molecule has 1 aromatic heterocycles. The first-order valence-corrected chi connectivity index (χ1v) is 6.36. The fourth-order valence-corrected chi connectivity index (χ4v) is 3.35. The molecule has 0 radical (unpaired) electrons. The Morgan fingerprint density at radius 1 is 1.68 bits per heavy atom. The smallest absolute Gasteiger partial charge is 0.350 e. The minimum Gasteiger partial charge on any atom is -0.395 e. The van der Waals surface area contributed by atoms with Gasteiger partial charge in [-0.25, -0.2) is 4.79 Å². The quantitative estimate of drug-likeness (QED) is 0.385. The monoisotopic (exact) mass is 284 g/mol. The minimum absolute atomic E-state index is 0.0869. The van der Waals surface area contributed by atoms with Crippen molar-refractivity contribution >= 4 is 17.6 Å². The van der Waals surface area contributed by atoms with Gasteiger partial charge in [-0.15, -0.1) is 11.8 Å². The van der Waals surface area contributed by atoms with E-state index in [1.165, 1.54) is 16.8 Å². The van der Waals surface area contributed by atoms with E-state index in [1.54, 1.807) is 0 Å². The molecule has 2 heterocycles. The molecular weight excluding hydrogens is 272 g/mol. The van der Waals surface area contributed by atoms with E-state index in [9.17, 15) is 9.90 Å². The van der Waals surface area contributed by atoms with Crippen LogP contribution in [0.2, 0.25) is 0 Å². The molecule has 102 valence electrons. The predicted octanol–water partition coefficient (Wildman–Crippen LogP) is -0.528. The number of hydrogen-bond acceptors (Lipinski definition) is 7. The second-order valence-electron chi connectivity index (χ2n) is 3.98. The van der Waals surface area contributed by atoms with E-state index in [0.29, 0.717) is 0 Å². The van der Waals surface area contributed by atoms with Crippen LogP contribution in [-0.2, 0) is 0 Å². The van der Waals surface area contributed by atoms with E-state index in [-0.39, 0.29) is 12.4 Å². The predicted molar refractivity (Wildman–Crippen MR) is 69.4 cm³/mol. The lowest BCUT2D eigenvalue weighted by atomic mass is 10.1. The van der Waals surface area contributed by atoms with Crippen LogP contribution >= 0.6 is 11.8 Å². The van der Waals surface area contributed by atoms with Gasteiger partial charge in [-0.1, -0.05) is 5.11 Å². The average molecular weight is 284 g/mol. The minimum atomic E-state index is -1.03. The van der Waals surface area contributed by atoms with Crippen LogP contribution in [0.5, 0.6) is 0 Å². The van der Waals surface area contributed by atoms with E-state index in [4.69, 9.17) is 16.4 Å². The Morgan fingerprint density at radius 3 is 3.00 bits per heavy atom. The normalized spacial score (nSPS) is 30.0. The molecule has 9 nitrogen and oxygen atoms in total. The molecule has 4 N–H and O–H groups in total. The van der Waals surface area contributed by atoms with Crippen molar-refractivity contribution in [1.29, 1.82) is 0 Å². The summed E-state index contributed by atoms with van der Waals surface area (Å²) in [6, 6.07) is 0.587. The third kappa shape index (κ3) is 2.51. The molecule has 0 amide bonds. The highest BCUT2D eigenvalue weighted by Gasteiger charge is 2.43. The van der Waals surface area contributed by atoms with Crippen LogP contribution in [0.15, 0.2) is 22.2 Å². The lowest BCUT2D eigenvalue weighted by Crippen LogP contribution is -2.34. The molecule has 1 aliphatic heterocycles. The maximum absolute atomic E-state index is 11.8. The van der Waals surface area contributed by atoms with Gasteiger partial charge < -0.3 is 15.9 Å². The van der Waals surface area contributed by atoms with E-state index in [2.05, 4.69) is 15.0 Å². The molecule has 0 aliphatic carbocycles. The zero-order valence-electron chi connectivity index (χ0n) is 9.70. The van der Waals surface area contributed by atoms with Gasteiger partial charge in [0.25, 0.3) is 0 Å². The first kappa shape index (κ1) is 13.7. The maximum atomic E-state index is 11.8. The number of azide groups is 1. The Balaban J connectivity index is 2.41. The third-order valence-corrected chi connectivity index (χ3v) is 4.39. The second-order valence-corrected chi connectivity index (χ2v) is 5.34. The van der Waals surface area contributed by atoms with Crippen LogP contribution in [0.4, 0.5) is 5.82 Å². The first-order chi connectivity index (χ1) is 9.08. The van der Waals surface area contributed by atoms with E-state index in [0.717, 1.165) is 11.8 Å². The SMILES string of the molecule is [N-]=[N+]=N[C@@H]1[C@H](O)[C@@H](CO)S[C@H]1n1ccc(N)nc1=O. The van der Waals surface area contributed by atoms with Gasteiger partial charge in [0.05, 0.1) is 29.4 Å². The van der Waals surface area contributed by atoms with Crippen LogP contribution in [0, 0.1) is 0 Å². The Labute approximate surface area is 111 Å². The van der Waals surface area contributed by atoms with Gasteiger partial charge >= 0.3 is 5.69 Å². The zero-order chi connectivity index (χ0) is 14.0. The fraction of sp³-hybridized carbons (Fsp3) is 0.556. The number of nitrogen functional groups attached to an aromatic ring is 1. The van der Waals surface area contributed by atoms with Crippen molar-refractivity contribution in [1.82, 2.24) is 9.55 Å². The Hall–Kier alpha value is -1.74.